The molecule has 2 rings (SSSR count). The molecule has 0 aliphatic carbocycles. The molecule has 0 spiro atoms. The largest absolute Gasteiger partial charge is 0.294 e. The summed E-state index contributed by atoms with van der Waals surface area (Å²) >= 11 is 0. The molecule has 0 atom stereocenters. The number of carbonyl (C=O) groups is 1. The van der Waals surface area contributed by atoms with Crippen LogP contribution in [0, 0.1) is 13.8 Å². The normalized spacial score (nSPS) is 10.1. The molecule has 0 aliphatic heterocycles. The molecule has 92 valence electrons. The number of carbonyl (C=O) groups excluding carboxylic acids is 1. The first-order valence-electron chi connectivity index (χ1n) is 5.79. The van der Waals surface area contributed by atoms with Crippen molar-refractivity contribution in [1.82, 2.24) is 9.97 Å². The van der Waals surface area contributed by atoms with E-state index in [1.54, 1.807) is 12.3 Å². The second kappa shape index (κ2) is 5.40. The highest BCUT2D eigenvalue weighted by Crippen LogP contribution is 2.08. The van der Waals surface area contributed by atoms with Gasteiger partial charge >= 0.3 is 0 Å². The van der Waals surface area contributed by atoms with Crippen LogP contribution in [0.3, 0.4) is 0 Å². The number of hydrogen-bond donors (Lipinski definition) is 1. The van der Waals surface area contributed by atoms with Gasteiger partial charge in [0.05, 0.1) is 6.42 Å². The predicted molar refractivity (Wildman–Crippen MR) is 70.3 cm³/mol. The third-order valence-electron chi connectivity index (χ3n) is 2.66. The molecule has 0 fully saturated rings. The number of benzene rings is 1. The summed E-state index contributed by atoms with van der Waals surface area (Å²) in [6.07, 6.45) is 1.97. The molecule has 0 unspecified atom stereocenters. The second-order valence-corrected chi connectivity index (χ2v) is 4.17. The summed E-state index contributed by atoms with van der Waals surface area (Å²) in [7, 11) is 0. The van der Waals surface area contributed by atoms with Gasteiger partial charge in [-0.15, -0.1) is 0 Å². The lowest BCUT2D eigenvalue weighted by Crippen LogP contribution is -2.17. The molecule has 0 radical (unpaired) electrons. The van der Waals surface area contributed by atoms with Crippen molar-refractivity contribution in [2.75, 3.05) is 5.32 Å². The van der Waals surface area contributed by atoms with Crippen molar-refractivity contribution in [2.24, 2.45) is 0 Å². The van der Waals surface area contributed by atoms with Gasteiger partial charge in [0, 0.05) is 11.9 Å². The minimum absolute atomic E-state index is 0.102. The molecule has 1 aromatic heterocycles. The van der Waals surface area contributed by atoms with Crippen LogP contribution < -0.4 is 5.32 Å². The molecule has 4 nitrogen and oxygen atoms in total. The maximum atomic E-state index is 11.9. The monoisotopic (exact) mass is 241 g/mol. The summed E-state index contributed by atoms with van der Waals surface area (Å²) in [5.74, 6) is 0.253. The molecule has 18 heavy (non-hydrogen) atoms. The Morgan fingerprint density at radius 1 is 1.22 bits per heavy atom. The maximum absolute atomic E-state index is 11.9. The number of nitrogens with one attached hydrogen (secondary N) is 1. The number of amides is 1. The number of aryl methyl sites for hydroxylation is 2. The van der Waals surface area contributed by atoms with Gasteiger partial charge in [0.25, 0.3) is 0 Å². The third-order valence-corrected chi connectivity index (χ3v) is 2.66. The van der Waals surface area contributed by atoms with Crippen LogP contribution in [0.4, 0.5) is 5.95 Å². The van der Waals surface area contributed by atoms with Gasteiger partial charge in [0.15, 0.2) is 0 Å². The van der Waals surface area contributed by atoms with E-state index in [1.165, 1.54) is 0 Å². The van der Waals surface area contributed by atoms with E-state index >= 15 is 0 Å². The van der Waals surface area contributed by atoms with E-state index in [0.29, 0.717) is 12.4 Å². The summed E-state index contributed by atoms with van der Waals surface area (Å²) in [5.41, 5.74) is 2.96. The van der Waals surface area contributed by atoms with E-state index < -0.39 is 0 Å². The SMILES string of the molecule is Cc1ccnc(NC(=O)Cc2ccccc2C)n1. The van der Waals surface area contributed by atoms with Crippen molar-refractivity contribution in [2.45, 2.75) is 20.3 Å². The molecule has 0 bridgehead atoms. The van der Waals surface area contributed by atoms with E-state index in [0.717, 1.165) is 16.8 Å². The first-order valence-corrected chi connectivity index (χ1v) is 5.79. The number of nitrogens with zero attached hydrogens (tertiary/aromatic N) is 2. The van der Waals surface area contributed by atoms with E-state index in [2.05, 4.69) is 15.3 Å². The van der Waals surface area contributed by atoms with Crippen LogP contribution in [0.5, 0.6) is 0 Å². The quantitative estimate of drug-likeness (QED) is 0.896. The zero-order chi connectivity index (χ0) is 13.0. The minimum Gasteiger partial charge on any atom is -0.294 e. The highest BCUT2D eigenvalue weighted by Gasteiger charge is 2.07. The standard InChI is InChI=1S/C14H15N3O/c1-10-5-3-4-6-12(10)9-13(18)17-14-15-8-7-11(2)16-14/h3-8H,9H2,1-2H3,(H,15,16,17,18). The Kier molecular flexibility index (Phi) is 3.67. The number of rotatable bonds is 3. The van der Waals surface area contributed by atoms with Crippen molar-refractivity contribution in [3.05, 3.63) is 53.3 Å². The molecule has 4 heteroatoms. The van der Waals surface area contributed by atoms with Crippen molar-refractivity contribution in [1.29, 1.82) is 0 Å². The van der Waals surface area contributed by atoms with Crippen molar-refractivity contribution >= 4 is 11.9 Å². The van der Waals surface area contributed by atoms with E-state index in [1.807, 2.05) is 38.1 Å². The first-order chi connectivity index (χ1) is 8.65. The van der Waals surface area contributed by atoms with E-state index in [-0.39, 0.29) is 5.91 Å². The van der Waals surface area contributed by atoms with Gasteiger partial charge in [-0.2, -0.15) is 0 Å². The topological polar surface area (TPSA) is 54.9 Å². The molecule has 0 saturated heterocycles. The Balaban J connectivity index is 2.03. The molecule has 0 saturated carbocycles. The highest BCUT2D eigenvalue weighted by molar-refractivity contribution is 5.90. The fourth-order valence-corrected chi connectivity index (χ4v) is 1.66. The molecule has 1 heterocycles. The molecule has 2 aromatic rings. The van der Waals surface area contributed by atoms with Crippen LogP contribution in [-0.2, 0) is 11.2 Å². The number of hydrogen-bond acceptors (Lipinski definition) is 3. The maximum Gasteiger partial charge on any atom is 0.231 e. The number of anilines is 1. The highest BCUT2D eigenvalue weighted by atomic mass is 16.1. The van der Waals surface area contributed by atoms with Crippen LogP contribution in [-0.4, -0.2) is 15.9 Å². The van der Waals surface area contributed by atoms with Crippen molar-refractivity contribution in [3.63, 3.8) is 0 Å². The van der Waals surface area contributed by atoms with E-state index in [9.17, 15) is 4.79 Å². The summed E-state index contributed by atoms with van der Waals surface area (Å²) in [6.45, 7) is 3.85. The number of aromatic nitrogens is 2. The van der Waals surface area contributed by atoms with Gasteiger partial charge in [-0.25, -0.2) is 9.97 Å². The Labute approximate surface area is 106 Å². The fourth-order valence-electron chi connectivity index (χ4n) is 1.66. The smallest absolute Gasteiger partial charge is 0.231 e. The molecule has 0 aliphatic rings. The predicted octanol–water partition coefficient (Wildman–Crippen LogP) is 2.27. The van der Waals surface area contributed by atoms with Gasteiger partial charge in [-0.3, -0.25) is 10.1 Å². The minimum atomic E-state index is -0.102. The average molecular weight is 241 g/mol. The lowest BCUT2D eigenvalue weighted by molar-refractivity contribution is -0.115. The van der Waals surface area contributed by atoms with Crippen LogP contribution in [0.2, 0.25) is 0 Å². The van der Waals surface area contributed by atoms with Crippen molar-refractivity contribution < 1.29 is 4.79 Å². The van der Waals surface area contributed by atoms with Gasteiger partial charge < -0.3 is 0 Å². The average Bonchev–Trinajstić information content (AvgIpc) is 2.32. The third kappa shape index (κ3) is 3.13. The molecular formula is C14H15N3O. The van der Waals surface area contributed by atoms with Gasteiger partial charge in [-0.1, -0.05) is 24.3 Å². The van der Waals surface area contributed by atoms with E-state index in [4.69, 9.17) is 0 Å². The lowest BCUT2D eigenvalue weighted by Gasteiger charge is -2.06. The molecule has 1 N–H and O–H groups in total. The summed E-state index contributed by atoms with van der Waals surface area (Å²) in [4.78, 5) is 20.0. The fraction of sp³-hybridized carbons (Fsp3) is 0.214. The van der Waals surface area contributed by atoms with Gasteiger partial charge in [0.1, 0.15) is 0 Å². The Bertz CT molecular complexity index is 566. The summed E-state index contributed by atoms with van der Waals surface area (Å²) in [5, 5.41) is 2.70. The van der Waals surface area contributed by atoms with Gasteiger partial charge in [0.2, 0.25) is 11.9 Å². The lowest BCUT2D eigenvalue weighted by atomic mass is 10.1. The van der Waals surface area contributed by atoms with Gasteiger partial charge in [-0.05, 0) is 31.0 Å². The first kappa shape index (κ1) is 12.2. The van der Waals surface area contributed by atoms with Crippen LogP contribution in [0.15, 0.2) is 36.5 Å². The molecular weight excluding hydrogens is 226 g/mol. The van der Waals surface area contributed by atoms with Crippen LogP contribution in [0.1, 0.15) is 16.8 Å². The van der Waals surface area contributed by atoms with Crippen molar-refractivity contribution in [3.8, 4) is 0 Å². The Hall–Kier alpha value is -2.23. The Morgan fingerprint density at radius 2 is 2.00 bits per heavy atom. The Morgan fingerprint density at radius 3 is 2.72 bits per heavy atom. The summed E-state index contributed by atoms with van der Waals surface area (Å²) < 4.78 is 0. The zero-order valence-corrected chi connectivity index (χ0v) is 10.5. The second-order valence-electron chi connectivity index (χ2n) is 4.17. The van der Waals surface area contributed by atoms with Crippen LogP contribution in [0.25, 0.3) is 0 Å². The van der Waals surface area contributed by atoms with Crippen LogP contribution >= 0.6 is 0 Å². The zero-order valence-electron chi connectivity index (χ0n) is 10.5. The molecule has 1 amide bonds. The summed E-state index contributed by atoms with van der Waals surface area (Å²) in [6, 6.07) is 9.62. The molecule has 1 aromatic carbocycles.